The molecule has 0 aliphatic heterocycles. The van der Waals surface area contributed by atoms with Gasteiger partial charge in [0.15, 0.2) is 0 Å². The number of rotatable bonds is 4. The van der Waals surface area contributed by atoms with Crippen molar-refractivity contribution >= 4 is 38.8 Å². The minimum Gasteiger partial charge on any atom is -0.389 e. The summed E-state index contributed by atoms with van der Waals surface area (Å²) in [7, 11) is -3.63. The Labute approximate surface area is 124 Å². The van der Waals surface area contributed by atoms with E-state index in [4.69, 9.17) is 29.6 Å². The van der Waals surface area contributed by atoms with Crippen LogP contribution in [0.1, 0.15) is 26.3 Å². The molecule has 0 aromatic heterocycles. The summed E-state index contributed by atoms with van der Waals surface area (Å²) < 4.78 is 26.8. The first-order chi connectivity index (χ1) is 8.53. The fourth-order valence-electron chi connectivity index (χ4n) is 1.26. The highest BCUT2D eigenvalue weighted by molar-refractivity contribution is 7.89. The molecule has 0 heterocycles. The Morgan fingerprint density at radius 1 is 1.42 bits per heavy atom. The van der Waals surface area contributed by atoms with E-state index in [1.807, 2.05) is 20.8 Å². The van der Waals surface area contributed by atoms with E-state index in [-0.39, 0.29) is 20.3 Å². The molecule has 0 spiro atoms. The van der Waals surface area contributed by atoms with Gasteiger partial charge < -0.3 is 5.73 Å². The van der Waals surface area contributed by atoms with Gasteiger partial charge in [0, 0.05) is 12.1 Å². The maximum absolute atomic E-state index is 12.1. The number of thiocarbonyl (C=S) groups is 1. The lowest BCUT2D eigenvalue weighted by molar-refractivity contribution is 0.407. The predicted molar refractivity (Wildman–Crippen MR) is 82.0 cm³/mol. The molecule has 0 saturated carbocycles. The van der Waals surface area contributed by atoms with E-state index in [0.29, 0.717) is 12.1 Å². The molecular formula is C12H17ClN2O2S2. The fraction of sp³-hybridized carbons (Fsp3) is 0.417. The van der Waals surface area contributed by atoms with Crippen molar-refractivity contribution in [1.82, 2.24) is 4.72 Å². The zero-order valence-corrected chi connectivity index (χ0v) is 13.4. The molecule has 0 fully saturated rings. The SMILES string of the molecule is CC(C)(C)CNS(=O)(=O)c1ccc(C(N)=S)cc1Cl. The molecule has 4 nitrogen and oxygen atoms in total. The lowest BCUT2D eigenvalue weighted by atomic mass is 9.98. The summed E-state index contributed by atoms with van der Waals surface area (Å²) in [4.78, 5) is 0.201. The van der Waals surface area contributed by atoms with E-state index in [2.05, 4.69) is 4.72 Å². The van der Waals surface area contributed by atoms with Gasteiger partial charge in [-0.05, 0) is 17.5 Å². The van der Waals surface area contributed by atoms with Crippen molar-refractivity contribution in [2.45, 2.75) is 25.7 Å². The molecule has 1 aromatic rings. The van der Waals surface area contributed by atoms with Gasteiger partial charge >= 0.3 is 0 Å². The van der Waals surface area contributed by atoms with Gasteiger partial charge in [0.1, 0.15) is 9.88 Å². The van der Waals surface area contributed by atoms with Crippen LogP contribution in [0.4, 0.5) is 0 Å². The number of nitrogens with one attached hydrogen (secondary N) is 1. The highest BCUT2D eigenvalue weighted by Crippen LogP contribution is 2.23. The molecular weight excluding hydrogens is 304 g/mol. The van der Waals surface area contributed by atoms with Crippen LogP contribution in [0.2, 0.25) is 5.02 Å². The summed E-state index contributed by atoms with van der Waals surface area (Å²) in [6.07, 6.45) is 0. The second kappa shape index (κ2) is 5.75. The van der Waals surface area contributed by atoms with E-state index in [1.165, 1.54) is 12.1 Å². The van der Waals surface area contributed by atoms with Crippen molar-refractivity contribution in [2.75, 3.05) is 6.54 Å². The maximum Gasteiger partial charge on any atom is 0.242 e. The second-order valence-electron chi connectivity index (χ2n) is 5.39. The molecule has 0 atom stereocenters. The van der Waals surface area contributed by atoms with Crippen molar-refractivity contribution in [3.05, 3.63) is 28.8 Å². The summed E-state index contributed by atoms with van der Waals surface area (Å²) in [5.74, 6) is 0. The van der Waals surface area contributed by atoms with Crippen molar-refractivity contribution in [2.24, 2.45) is 11.1 Å². The van der Waals surface area contributed by atoms with E-state index >= 15 is 0 Å². The lowest BCUT2D eigenvalue weighted by Gasteiger charge is -2.19. The van der Waals surface area contributed by atoms with Crippen LogP contribution < -0.4 is 10.5 Å². The molecule has 0 unspecified atom stereocenters. The highest BCUT2D eigenvalue weighted by Gasteiger charge is 2.21. The third-order valence-corrected chi connectivity index (χ3v) is 4.42. The minimum atomic E-state index is -3.63. The van der Waals surface area contributed by atoms with Gasteiger partial charge in [0.25, 0.3) is 0 Å². The number of halogens is 1. The Bertz CT molecular complexity index is 592. The minimum absolute atomic E-state index is 0.0263. The van der Waals surface area contributed by atoms with E-state index in [0.717, 1.165) is 0 Å². The van der Waals surface area contributed by atoms with Gasteiger partial charge in [0.05, 0.1) is 5.02 Å². The first-order valence-electron chi connectivity index (χ1n) is 5.62. The lowest BCUT2D eigenvalue weighted by Crippen LogP contribution is -2.32. The topological polar surface area (TPSA) is 72.2 Å². The van der Waals surface area contributed by atoms with Crippen LogP contribution in [0.15, 0.2) is 23.1 Å². The number of sulfonamides is 1. The van der Waals surface area contributed by atoms with Gasteiger partial charge in [0.2, 0.25) is 10.0 Å². The summed E-state index contributed by atoms with van der Waals surface area (Å²) in [5.41, 5.74) is 5.85. The van der Waals surface area contributed by atoms with Crippen molar-refractivity contribution < 1.29 is 8.42 Å². The molecule has 19 heavy (non-hydrogen) atoms. The Morgan fingerprint density at radius 2 is 2.00 bits per heavy atom. The fourth-order valence-corrected chi connectivity index (χ4v) is 3.21. The second-order valence-corrected chi connectivity index (χ2v) is 7.98. The van der Waals surface area contributed by atoms with E-state index < -0.39 is 10.0 Å². The number of benzene rings is 1. The molecule has 0 aliphatic rings. The molecule has 3 N–H and O–H groups in total. The van der Waals surface area contributed by atoms with E-state index in [1.54, 1.807) is 6.07 Å². The maximum atomic E-state index is 12.1. The smallest absolute Gasteiger partial charge is 0.242 e. The Kier molecular flexibility index (Phi) is 4.95. The largest absolute Gasteiger partial charge is 0.389 e. The van der Waals surface area contributed by atoms with Gasteiger partial charge in [-0.1, -0.05) is 50.7 Å². The zero-order chi connectivity index (χ0) is 14.8. The van der Waals surface area contributed by atoms with Crippen LogP contribution in [-0.2, 0) is 10.0 Å². The van der Waals surface area contributed by atoms with Crippen LogP contribution in [0.25, 0.3) is 0 Å². The zero-order valence-electron chi connectivity index (χ0n) is 11.0. The Balaban J connectivity index is 3.06. The van der Waals surface area contributed by atoms with Crippen molar-refractivity contribution in [3.63, 3.8) is 0 Å². The van der Waals surface area contributed by atoms with Crippen LogP contribution in [-0.4, -0.2) is 20.0 Å². The van der Waals surface area contributed by atoms with Gasteiger partial charge in [-0.25, -0.2) is 13.1 Å². The number of nitrogens with two attached hydrogens (primary N) is 1. The molecule has 7 heteroatoms. The van der Waals surface area contributed by atoms with Gasteiger partial charge in [-0.3, -0.25) is 0 Å². The average molecular weight is 321 g/mol. The Hall–Kier alpha value is -0.690. The number of hydrogen-bond donors (Lipinski definition) is 2. The van der Waals surface area contributed by atoms with E-state index in [9.17, 15) is 8.42 Å². The number of hydrogen-bond acceptors (Lipinski definition) is 3. The van der Waals surface area contributed by atoms with Crippen LogP contribution >= 0.6 is 23.8 Å². The van der Waals surface area contributed by atoms with Gasteiger partial charge in [-0.2, -0.15) is 0 Å². The van der Waals surface area contributed by atoms with Gasteiger partial charge in [-0.15, -0.1) is 0 Å². The molecule has 0 amide bonds. The normalized spacial score (nSPS) is 12.4. The summed E-state index contributed by atoms with van der Waals surface area (Å²) in [6.45, 7) is 6.13. The molecule has 106 valence electrons. The molecule has 1 rings (SSSR count). The first-order valence-corrected chi connectivity index (χ1v) is 7.89. The third-order valence-electron chi connectivity index (χ3n) is 2.30. The summed E-state index contributed by atoms with van der Waals surface area (Å²) in [5, 5.41) is 0.103. The van der Waals surface area contributed by atoms with Crippen molar-refractivity contribution in [1.29, 1.82) is 0 Å². The molecule has 0 saturated heterocycles. The Morgan fingerprint density at radius 3 is 2.42 bits per heavy atom. The molecule has 0 aliphatic carbocycles. The first kappa shape index (κ1) is 16.4. The monoisotopic (exact) mass is 320 g/mol. The third kappa shape index (κ3) is 4.72. The molecule has 0 radical (unpaired) electrons. The molecule has 1 aromatic carbocycles. The highest BCUT2D eigenvalue weighted by atomic mass is 35.5. The summed E-state index contributed by atoms with van der Waals surface area (Å²) in [6, 6.07) is 4.40. The quantitative estimate of drug-likeness (QED) is 0.835. The molecule has 0 bridgehead atoms. The average Bonchev–Trinajstić information content (AvgIpc) is 2.25. The summed E-state index contributed by atoms with van der Waals surface area (Å²) >= 11 is 10.8. The van der Waals surface area contributed by atoms with Crippen molar-refractivity contribution in [3.8, 4) is 0 Å². The van der Waals surface area contributed by atoms with Crippen LogP contribution in [0, 0.1) is 5.41 Å². The predicted octanol–water partition coefficient (Wildman–Crippen LogP) is 2.30. The van der Waals surface area contributed by atoms with Crippen LogP contribution in [0.5, 0.6) is 0 Å². The van der Waals surface area contributed by atoms with Crippen LogP contribution in [0.3, 0.4) is 0 Å². The standard InChI is InChI=1S/C12H17ClN2O2S2/c1-12(2,3)7-15-19(16,17)10-5-4-8(11(14)18)6-9(10)13/h4-6,15H,7H2,1-3H3,(H2,14,18).